The van der Waals surface area contributed by atoms with Gasteiger partial charge in [-0.15, -0.1) is 0 Å². The van der Waals surface area contributed by atoms with Crippen molar-refractivity contribution < 1.29 is 4.42 Å². The molecule has 5 heteroatoms. The number of rotatable bonds is 4. The standard InChI is InChI=1S/C20H20N4O/c1-14-15(2)24(11-16-7-4-3-5-8-16)20-18(14)19(21)23(13-22-20)12-17-9-6-10-25-17/h3-10,13,21H,11-12H2,1-2H3. The molecule has 5 nitrogen and oxygen atoms in total. The van der Waals surface area contributed by atoms with Gasteiger partial charge in [-0.25, -0.2) is 4.98 Å². The normalized spacial score (nSPS) is 11.3. The van der Waals surface area contributed by atoms with Crippen LogP contribution < -0.4 is 5.49 Å². The van der Waals surface area contributed by atoms with Gasteiger partial charge >= 0.3 is 0 Å². The third-order valence-electron chi connectivity index (χ3n) is 4.74. The van der Waals surface area contributed by atoms with Crippen molar-refractivity contribution in [1.29, 1.82) is 5.41 Å². The number of aromatic nitrogens is 3. The molecule has 25 heavy (non-hydrogen) atoms. The van der Waals surface area contributed by atoms with Gasteiger partial charge in [0.2, 0.25) is 0 Å². The summed E-state index contributed by atoms with van der Waals surface area (Å²) in [6.45, 7) is 5.43. The second kappa shape index (κ2) is 6.09. The van der Waals surface area contributed by atoms with Gasteiger partial charge in [0, 0.05) is 12.2 Å². The van der Waals surface area contributed by atoms with Crippen LogP contribution in [0.3, 0.4) is 0 Å². The Morgan fingerprint density at radius 2 is 1.84 bits per heavy atom. The molecule has 0 aliphatic carbocycles. The monoisotopic (exact) mass is 332 g/mol. The molecule has 0 aliphatic rings. The molecule has 3 aromatic heterocycles. The predicted octanol–water partition coefficient (Wildman–Crippen LogP) is 3.62. The minimum atomic E-state index is 0.466. The summed E-state index contributed by atoms with van der Waals surface area (Å²) in [5.41, 5.74) is 4.81. The van der Waals surface area contributed by atoms with Crippen molar-refractivity contribution in [3.8, 4) is 0 Å². The van der Waals surface area contributed by atoms with Crippen LogP contribution in [0.1, 0.15) is 22.6 Å². The fourth-order valence-electron chi connectivity index (χ4n) is 3.24. The van der Waals surface area contributed by atoms with Crippen molar-refractivity contribution >= 4 is 11.0 Å². The van der Waals surface area contributed by atoms with Crippen molar-refractivity contribution in [2.45, 2.75) is 26.9 Å². The maximum Gasteiger partial charge on any atom is 0.146 e. The van der Waals surface area contributed by atoms with Crippen LogP contribution in [0.4, 0.5) is 0 Å². The molecule has 0 radical (unpaired) electrons. The van der Waals surface area contributed by atoms with E-state index < -0.39 is 0 Å². The van der Waals surface area contributed by atoms with Crippen LogP contribution in [-0.2, 0) is 13.1 Å². The molecule has 0 bridgehead atoms. The average molecular weight is 332 g/mol. The van der Waals surface area contributed by atoms with E-state index in [0.717, 1.165) is 34.6 Å². The molecule has 4 rings (SSSR count). The van der Waals surface area contributed by atoms with Gasteiger partial charge in [0.05, 0.1) is 24.5 Å². The predicted molar refractivity (Wildman–Crippen MR) is 96.4 cm³/mol. The summed E-state index contributed by atoms with van der Waals surface area (Å²) in [4.78, 5) is 4.66. The smallest absolute Gasteiger partial charge is 0.146 e. The van der Waals surface area contributed by atoms with Gasteiger partial charge in [0.15, 0.2) is 0 Å². The summed E-state index contributed by atoms with van der Waals surface area (Å²) < 4.78 is 9.42. The quantitative estimate of drug-likeness (QED) is 0.620. The van der Waals surface area contributed by atoms with E-state index in [2.05, 4.69) is 35.5 Å². The van der Waals surface area contributed by atoms with Crippen molar-refractivity contribution in [3.63, 3.8) is 0 Å². The number of hydrogen-bond acceptors (Lipinski definition) is 3. The second-order valence-corrected chi connectivity index (χ2v) is 6.28. The Labute approximate surface area is 145 Å². The molecular formula is C20H20N4O. The van der Waals surface area contributed by atoms with Crippen LogP contribution in [0.25, 0.3) is 11.0 Å². The molecule has 0 spiro atoms. The lowest BCUT2D eigenvalue weighted by atomic mass is 10.2. The van der Waals surface area contributed by atoms with Gasteiger partial charge in [0.25, 0.3) is 0 Å². The van der Waals surface area contributed by atoms with E-state index in [1.807, 2.05) is 34.9 Å². The lowest BCUT2D eigenvalue weighted by Crippen LogP contribution is -2.21. The molecular weight excluding hydrogens is 312 g/mol. The summed E-state index contributed by atoms with van der Waals surface area (Å²) in [5.74, 6) is 0.817. The molecule has 0 fully saturated rings. The SMILES string of the molecule is Cc1c(C)n(Cc2ccccc2)c2ncn(Cc3ccco3)c(=N)c12. The van der Waals surface area contributed by atoms with Crippen LogP contribution in [0.5, 0.6) is 0 Å². The first-order valence-electron chi connectivity index (χ1n) is 8.31. The minimum Gasteiger partial charge on any atom is -0.467 e. The fraction of sp³-hybridized carbons (Fsp3) is 0.200. The van der Waals surface area contributed by atoms with Crippen LogP contribution in [0.15, 0.2) is 59.5 Å². The van der Waals surface area contributed by atoms with Gasteiger partial charge in [-0.3, -0.25) is 5.41 Å². The van der Waals surface area contributed by atoms with Gasteiger partial charge in [-0.1, -0.05) is 30.3 Å². The van der Waals surface area contributed by atoms with E-state index in [-0.39, 0.29) is 0 Å². The first-order chi connectivity index (χ1) is 12.1. The fourth-order valence-corrected chi connectivity index (χ4v) is 3.24. The van der Waals surface area contributed by atoms with Crippen LogP contribution in [0.2, 0.25) is 0 Å². The molecule has 0 saturated heterocycles. The largest absolute Gasteiger partial charge is 0.467 e. The molecule has 126 valence electrons. The highest BCUT2D eigenvalue weighted by Crippen LogP contribution is 2.22. The van der Waals surface area contributed by atoms with E-state index in [9.17, 15) is 0 Å². The maximum atomic E-state index is 8.64. The molecule has 0 aliphatic heterocycles. The van der Waals surface area contributed by atoms with Crippen molar-refractivity contribution in [2.24, 2.45) is 0 Å². The Morgan fingerprint density at radius 1 is 1.04 bits per heavy atom. The summed E-state index contributed by atoms with van der Waals surface area (Å²) >= 11 is 0. The first kappa shape index (κ1) is 15.4. The molecule has 1 aromatic carbocycles. The number of hydrogen-bond donors (Lipinski definition) is 1. The van der Waals surface area contributed by atoms with Crippen molar-refractivity contribution in [2.75, 3.05) is 0 Å². The molecule has 0 amide bonds. The zero-order valence-corrected chi connectivity index (χ0v) is 14.4. The van der Waals surface area contributed by atoms with Crippen LogP contribution >= 0.6 is 0 Å². The van der Waals surface area contributed by atoms with E-state index >= 15 is 0 Å². The topological polar surface area (TPSA) is 59.7 Å². The van der Waals surface area contributed by atoms with Crippen molar-refractivity contribution in [3.05, 3.63) is 83.1 Å². The van der Waals surface area contributed by atoms with E-state index in [1.54, 1.807) is 12.6 Å². The molecule has 1 N–H and O–H groups in total. The number of benzene rings is 1. The first-order valence-corrected chi connectivity index (χ1v) is 8.31. The number of nitrogens with one attached hydrogen (secondary N) is 1. The van der Waals surface area contributed by atoms with Crippen LogP contribution in [0, 0.1) is 19.3 Å². The highest BCUT2D eigenvalue weighted by molar-refractivity contribution is 5.80. The zero-order chi connectivity index (χ0) is 17.4. The summed E-state index contributed by atoms with van der Waals surface area (Å²) in [7, 11) is 0. The molecule has 0 saturated carbocycles. The molecule has 4 aromatic rings. The lowest BCUT2D eigenvalue weighted by Gasteiger charge is -2.09. The third-order valence-corrected chi connectivity index (χ3v) is 4.74. The van der Waals surface area contributed by atoms with E-state index in [4.69, 9.17) is 9.83 Å². The Morgan fingerprint density at radius 3 is 2.56 bits per heavy atom. The number of nitrogens with zero attached hydrogens (tertiary/aromatic N) is 3. The Kier molecular flexibility index (Phi) is 3.76. The Hall–Kier alpha value is -3.08. The highest BCUT2D eigenvalue weighted by Gasteiger charge is 2.15. The summed E-state index contributed by atoms with van der Waals surface area (Å²) in [5, 5.41) is 9.55. The number of aryl methyl sites for hydroxylation is 1. The molecule has 3 heterocycles. The van der Waals surface area contributed by atoms with E-state index in [1.165, 1.54) is 5.56 Å². The van der Waals surface area contributed by atoms with Gasteiger partial charge in [-0.05, 0) is 37.1 Å². The maximum absolute atomic E-state index is 8.64. The number of fused-ring (bicyclic) bond motifs is 1. The Balaban J connectivity index is 1.82. The minimum absolute atomic E-state index is 0.466. The lowest BCUT2D eigenvalue weighted by molar-refractivity contribution is 0.486. The summed E-state index contributed by atoms with van der Waals surface area (Å²) in [6, 6.07) is 14.1. The third kappa shape index (κ3) is 2.67. The van der Waals surface area contributed by atoms with Crippen LogP contribution in [-0.4, -0.2) is 14.1 Å². The summed E-state index contributed by atoms with van der Waals surface area (Å²) in [6.07, 6.45) is 3.38. The Bertz CT molecular complexity index is 1070. The second-order valence-electron chi connectivity index (χ2n) is 6.28. The number of furan rings is 1. The zero-order valence-electron chi connectivity index (χ0n) is 14.4. The highest BCUT2D eigenvalue weighted by atomic mass is 16.3. The van der Waals surface area contributed by atoms with E-state index in [0.29, 0.717) is 12.0 Å². The van der Waals surface area contributed by atoms with Crippen molar-refractivity contribution in [1.82, 2.24) is 14.1 Å². The van der Waals surface area contributed by atoms with Gasteiger partial charge in [-0.2, -0.15) is 0 Å². The van der Waals surface area contributed by atoms with Gasteiger partial charge in [0.1, 0.15) is 16.9 Å². The molecule has 0 atom stereocenters. The van der Waals surface area contributed by atoms with Gasteiger partial charge < -0.3 is 13.6 Å². The molecule has 0 unspecified atom stereocenters. The average Bonchev–Trinajstić information content (AvgIpc) is 3.21.